The number of carbonyl (C=O) groups is 1. The van der Waals surface area contributed by atoms with E-state index in [0.717, 1.165) is 42.6 Å². The molecule has 2 heterocycles. The minimum atomic E-state index is -0.00197. The van der Waals surface area contributed by atoms with Crippen LogP contribution < -0.4 is 5.32 Å². The van der Waals surface area contributed by atoms with Crippen LogP contribution in [0.25, 0.3) is 11.5 Å². The average molecular weight is 443 g/mol. The lowest BCUT2D eigenvalue weighted by atomic mass is 10.0. The first-order valence-corrected chi connectivity index (χ1v) is 10.7. The predicted molar refractivity (Wildman–Crippen MR) is 119 cm³/mol. The number of piperidine rings is 1. The number of hydrogen-bond donors (Lipinski definition) is 1. The van der Waals surface area contributed by atoms with Gasteiger partial charge in [0.25, 0.3) is 10.7 Å². The molecule has 2 aromatic carbocycles. The summed E-state index contributed by atoms with van der Waals surface area (Å²) in [6.07, 6.45) is 1.76. The van der Waals surface area contributed by atoms with E-state index in [9.17, 15) is 4.79 Å². The van der Waals surface area contributed by atoms with E-state index in [-0.39, 0.29) is 11.9 Å². The zero-order valence-corrected chi connectivity index (χ0v) is 18.2. The van der Waals surface area contributed by atoms with Gasteiger partial charge in [-0.3, -0.25) is 9.69 Å². The molecule has 0 saturated carbocycles. The fraction of sp³-hybridized carbons (Fsp3) is 0.318. The number of nitrogens with one attached hydrogen (secondary N) is 1. The molecule has 1 saturated heterocycles. The number of halogens is 1. The Morgan fingerprint density at radius 3 is 2.60 bits per heavy atom. The smallest absolute Gasteiger partial charge is 0.288 e. The highest BCUT2D eigenvalue weighted by Crippen LogP contribution is 2.21. The summed E-state index contributed by atoms with van der Waals surface area (Å²) in [6.45, 7) is 4.22. The number of benzene rings is 2. The molecule has 6 nitrogen and oxygen atoms in total. The summed E-state index contributed by atoms with van der Waals surface area (Å²) in [6, 6.07) is 15.1. The molecule has 0 spiro atoms. The summed E-state index contributed by atoms with van der Waals surface area (Å²) < 4.78 is 7.36. The fourth-order valence-corrected chi connectivity index (χ4v) is 3.91. The number of likely N-dealkylation sites (tertiary alicyclic amines) is 1. The summed E-state index contributed by atoms with van der Waals surface area (Å²) in [5.74, 6) is 0.481. The number of rotatable bonds is 5. The Morgan fingerprint density at radius 1 is 1.20 bits per heavy atom. The van der Waals surface area contributed by atoms with E-state index >= 15 is 0 Å². The van der Waals surface area contributed by atoms with E-state index < -0.39 is 0 Å². The molecular formula is C22H23ClN4O2S. The zero-order valence-electron chi connectivity index (χ0n) is 16.7. The number of aryl methyl sites for hydroxylation is 1. The van der Waals surface area contributed by atoms with E-state index in [1.165, 1.54) is 0 Å². The van der Waals surface area contributed by atoms with Gasteiger partial charge in [-0.15, -0.1) is 5.10 Å². The Balaban J connectivity index is 1.33. The van der Waals surface area contributed by atoms with Gasteiger partial charge in [0.1, 0.15) is 0 Å². The van der Waals surface area contributed by atoms with Crippen LogP contribution in [0.3, 0.4) is 0 Å². The van der Waals surface area contributed by atoms with E-state index in [4.69, 9.17) is 28.2 Å². The van der Waals surface area contributed by atoms with Gasteiger partial charge in [-0.1, -0.05) is 29.8 Å². The normalized spacial score (nSPS) is 15.3. The van der Waals surface area contributed by atoms with Crippen LogP contribution in [-0.4, -0.2) is 39.7 Å². The lowest BCUT2D eigenvalue weighted by Crippen LogP contribution is -2.45. The van der Waals surface area contributed by atoms with Gasteiger partial charge >= 0.3 is 0 Å². The van der Waals surface area contributed by atoms with Crippen molar-refractivity contribution in [3.63, 3.8) is 0 Å². The average Bonchev–Trinajstić information content (AvgIpc) is 3.10. The summed E-state index contributed by atoms with van der Waals surface area (Å²) >= 11 is 11.3. The fourth-order valence-electron chi connectivity index (χ4n) is 3.60. The van der Waals surface area contributed by atoms with Crippen molar-refractivity contribution in [2.24, 2.45) is 0 Å². The Kier molecular flexibility index (Phi) is 6.32. The molecular weight excluding hydrogens is 420 g/mol. The second kappa shape index (κ2) is 9.12. The van der Waals surface area contributed by atoms with E-state index in [1.54, 1.807) is 16.8 Å². The monoisotopic (exact) mass is 442 g/mol. The second-order valence-electron chi connectivity index (χ2n) is 7.50. The number of hydrogen-bond acceptors (Lipinski definition) is 5. The molecule has 0 radical (unpaired) electrons. The molecule has 1 fully saturated rings. The highest BCUT2D eigenvalue weighted by Gasteiger charge is 2.22. The Labute approximate surface area is 185 Å². The van der Waals surface area contributed by atoms with Gasteiger partial charge < -0.3 is 9.73 Å². The molecule has 1 aliphatic rings. The maximum atomic E-state index is 12.5. The van der Waals surface area contributed by atoms with E-state index in [2.05, 4.69) is 15.3 Å². The zero-order chi connectivity index (χ0) is 21.1. The van der Waals surface area contributed by atoms with Crippen LogP contribution in [0.15, 0.2) is 52.9 Å². The second-order valence-corrected chi connectivity index (χ2v) is 8.29. The quantitative estimate of drug-likeness (QED) is 0.581. The summed E-state index contributed by atoms with van der Waals surface area (Å²) in [4.78, 5) is 15.1. The summed E-state index contributed by atoms with van der Waals surface area (Å²) in [7, 11) is 0. The first-order valence-electron chi connectivity index (χ1n) is 9.92. The maximum Gasteiger partial charge on any atom is 0.288 e. The number of amides is 1. The van der Waals surface area contributed by atoms with Crippen molar-refractivity contribution in [3.05, 3.63) is 69.5 Å². The van der Waals surface area contributed by atoms with Crippen LogP contribution in [0.1, 0.15) is 28.8 Å². The van der Waals surface area contributed by atoms with E-state index in [0.29, 0.717) is 22.4 Å². The SMILES string of the molecule is Cc1ccccc1C(=O)NC1CCN(Cn2nc(-c3ccc(Cl)cc3)oc2=S)CC1. The Bertz CT molecular complexity index is 1090. The van der Waals surface area contributed by atoms with Gasteiger partial charge in [0.2, 0.25) is 5.89 Å². The molecule has 1 N–H and O–H groups in total. The van der Waals surface area contributed by atoms with Crippen LogP contribution in [0.4, 0.5) is 0 Å². The number of carbonyl (C=O) groups excluding carboxylic acids is 1. The maximum absolute atomic E-state index is 12.5. The largest absolute Gasteiger partial charge is 0.409 e. The minimum Gasteiger partial charge on any atom is -0.409 e. The third-order valence-corrected chi connectivity index (χ3v) is 5.89. The van der Waals surface area contributed by atoms with Crippen LogP contribution >= 0.6 is 23.8 Å². The number of nitrogens with zero attached hydrogens (tertiary/aromatic N) is 3. The van der Waals surface area contributed by atoms with Crippen LogP contribution in [0, 0.1) is 11.8 Å². The van der Waals surface area contributed by atoms with Crippen LogP contribution in [-0.2, 0) is 6.67 Å². The number of aromatic nitrogens is 2. The van der Waals surface area contributed by atoms with Gasteiger partial charge in [0.05, 0.1) is 6.67 Å². The molecule has 8 heteroatoms. The summed E-state index contributed by atoms with van der Waals surface area (Å²) in [5, 5.41) is 8.34. The molecule has 0 bridgehead atoms. The van der Waals surface area contributed by atoms with Gasteiger partial charge in [0, 0.05) is 35.3 Å². The van der Waals surface area contributed by atoms with Gasteiger partial charge in [-0.05, 0) is 67.9 Å². The molecule has 1 aliphatic heterocycles. The molecule has 0 atom stereocenters. The minimum absolute atomic E-state index is 0.00197. The van der Waals surface area contributed by atoms with Crippen molar-refractivity contribution in [2.75, 3.05) is 13.1 Å². The highest BCUT2D eigenvalue weighted by atomic mass is 35.5. The van der Waals surface area contributed by atoms with Crippen LogP contribution in [0.5, 0.6) is 0 Å². The first-order chi connectivity index (χ1) is 14.5. The molecule has 30 heavy (non-hydrogen) atoms. The topological polar surface area (TPSA) is 63.3 Å². The van der Waals surface area contributed by atoms with Crippen molar-refractivity contribution in [3.8, 4) is 11.5 Å². The van der Waals surface area contributed by atoms with Crippen molar-refractivity contribution in [1.29, 1.82) is 0 Å². The van der Waals surface area contributed by atoms with Gasteiger partial charge in [0.15, 0.2) is 0 Å². The lowest BCUT2D eigenvalue weighted by molar-refractivity contribution is 0.0895. The third-order valence-electron chi connectivity index (χ3n) is 5.34. The van der Waals surface area contributed by atoms with Crippen molar-refractivity contribution in [1.82, 2.24) is 20.0 Å². The lowest BCUT2D eigenvalue weighted by Gasteiger charge is -2.32. The molecule has 1 amide bonds. The van der Waals surface area contributed by atoms with E-state index in [1.807, 2.05) is 43.3 Å². The molecule has 4 rings (SSSR count). The van der Waals surface area contributed by atoms with Gasteiger partial charge in [-0.2, -0.15) is 0 Å². The van der Waals surface area contributed by atoms with Crippen molar-refractivity contribution >= 4 is 29.7 Å². The van der Waals surface area contributed by atoms with Gasteiger partial charge in [-0.25, -0.2) is 4.68 Å². The molecule has 156 valence electrons. The Hall–Kier alpha value is -2.48. The molecule has 0 aliphatic carbocycles. The molecule has 1 aromatic heterocycles. The standard InChI is InChI=1S/C22H23ClN4O2S/c1-15-4-2-3-5-19(15)20(28)24-18-10-12-26(13-11-18)14-27-22(30)29-21(25-27)16-6-8-17(23)9-7-16/h2-9,18H,10-14H2,1H3,(H,24,28). The molecule has 3 aromatic rings. The summed E-state index contributed by atoms with van der Waals surface area (Å²) in [5.41, 5.74) is 2.56. The van der Waals surface area contributed by atoms with Crippen molar-refractivity contribution in [2.45, 2.75) is 32.5 Å². The third kappa shape index (κ3) is 4.80. The highest BCUT2D eigenvalue weighted by molar-refractivity contribution is 7.71. The molecule has 0 unspecified atom stereocenters. The van der Waals surface area contributed by atoms with Crippen molar-refractivity contribution < 1.29 is 9.21 Å². The predicted octanol–water partition coefficient (Wildman–Crippen LogP) is 4.69. The Morgan fingerprint density at radius 2 is 1.90 bits per heavy atom. The first kappa shape index (κ1) is 20.8. The van der Waals surface area contributed by atoms with Crippen LogP contribution in [0.2, 0.25) is 5.02 Å².